The highest BCUT2D eigenvalue weighted by molar-refractivity contribution is 6.03. The second-order valence-electron chi connectivity index (χ2n) is 3.01. The molecule has 0 saturated heterocycles. The molecule has 0 unspecified atom stereocenters. The molecule has 0 aliphatic carbocycles. The van der Waals surface area contributed by atoms with E-state index in [0.717, 1.165) is 0 Å². The molecule has 0 heterocycles. The van der Waals surface area contributed by atoms with Crippen molar-refractivity contribution in [3.63, 3.8) is 0 Å². The van der Waals surface area contributed by atoms with Crippen molar-refractivity contribution in [1.82, 2.24) is 0 Å². The fraction of sp³-hybridized carbons (Fsp3) is 0.250. The molecule has 84 valence electrons. The van der Waals surface area contributed by atoms with Gasteiger partial charge in [0, 0.05) is 11.3 Å². The Hall–Kier alpha value is -1.99. The number of rotatable bonds is 4. The molecule has 0 aliphatic heterocycles. The monoisotopic (exact) mass is 219 g/mol. The van der Waals surface area contributed by atoms with E-state index in [9.17, 15) is 4.79 Å². The minimum absolute atomic E-state index is 0.158. The summed E-state index contributed by atoms with van der Waals surface area (Å²) in [5, 5.41) is 11.6. The van der Waals surface area contributed by atoms with Gasteiger partial charge in [-0.15, -0.1) is 6.42 Å². The van der Waals surface area contributed by atoms with Gasteiger partial charge in [0.05, 0.1) is 13.2 Å². The molecule has 4 heteroatoms. The van der Waals surface area contributed by atoms with E-state index in [2.05, 4.69) is 5.32 Å². The number of aliphatic hydroxyl groups excluding tert-OH is 1. The predicted molar refractivity (Wildman–Crippen MR) is 61.0 cm³/mol. The third-order valence-corrected chi connectivity index (χ3v) is 1.92. The maximum Gasteiger partial charge on any atom is 0.300 e. The number of benzene rings is 1. The summed E-state index contributed by atoms with van der Waals surface area (Å²) in [6.07, 6.45) is 4.93. The molecule has 4 nitrogen and oxygen atoms in total. The first kappa shape index (κ1) is 12.1. The van der Waals surface area contributed by atoms with E-state index in [1.807, 2.05) is 12.8 Å². The van der Waals surface area contributed by atoms with E-state index < -0.39 is 5.91 Å². The smallest absolute Gasteiger partial charge is 0.300 e. The molecular weight excluding hydrogens is 206 g/mol. The molecule has 1 rings (SSSR count). The first-order valence-electron chi connectivity index (χ1n) is 4.85. The third kappa shape index (κ3) is 3.01. The predicted octanol–water partition coefficient (Wildman–Crippen LogP) is 1.15. The summed E-state index contributed by atoms with van der Waals surface area (Å²) >= 11 is 0. The molecule has 1 amide bonds. The van der Waals surface area contributed by atoms with Gasteiger partial charge in [-0.05, 0) is 31.0 Å². The van der Waals surface area contributed by atoms with Crippen LogP contribution in [0.1, 0.15) is 12.5 Å². The van der Waals surface area contributed by atoms with E-state index in [1.165, 1.54) is 0 Å². The molecule has 0 aliphatic rings. The molecule has 0 radical (unpaired) electrons. The lowest BCUT2D eigenvalue weighted by molar-refractivity contribution is -0.111. The van der Waals surface area contributed by atoms with Crippen LogP contribution < -0.4 is 10.1 Å². The fourth-order valence-electron chi connectivity index (χ4n) is 1.24. The van der Waals surface area contributed by atoms with Crippen molar-refractivity contribution < 1.29 is 14.6 Å². The van der Waals surface area contributed by atoms with Gasteiger partial charge in [0.2, 0.25) is 0 Å². The van der Waals surface area contributed by atoms with Gasteiger partial charge in [0.1, 0.15) is 5.75 Å². The number of amides is 1. The van der Waals surface area contributed by atoms with Gasteiger partial charge in [-0.1, -0.05) is 0 Å². The van der Waals surface area contributed by atoms with Crippen LogP contribution in [0.3, 0.4) is 0 Å². The molecule has 0 bridgehead atoms. The zero-order chi connectivity index (χ0) is 12.0. The first-order chi connectivity index (χ1) is 7.71. The maximum absolute atomic E-state index is 11.0. The van der Waals surface area contributed by atoms with Gasteiger partial charge < -0.3 is 15.2 Å². The van der Waals surface area contributed by atoms with Crippen molar-refractivity contribution in [2.24, 2.45) is 0 Å². The number of anilines is 1. The average molecular weight is 219 g/mol. The number of hydrogen-bond donors (Lipinski definition) is 2. The van der Waals surface area contributed by atoms with Crippen LogP contribution in [-0.4, -0.2) is 17.6 Å². The highest BCUT2D eigenvalue weighted by Gasteiger charge is 2.05. The Morgan fingerprint density at radius 2 is 2.38 bits per heavy atom. The fourth-order valence-corrected chi connectivity index (χ4v) is 1.24. The van der Waals surface area contributed by atoms with Gasteiger partial charge in [-0.25, -0.2) is 0 Å². The number of aliphatic hydroxyl groups is 1. The minimum Gasteiger partial charge on any atom is -0.494 e. The van der Waals surface area contributed by atoms with E-state index in [1.54, 1.807) is 18.2 Å². The van der Waals surface area contributed by atoms with Crippen LogP contribution in [-0.2, 0) is 11.4 Å². The van der Waals surface area contributed by atoms with Crippen LogP contribution in [0.2, 0.25) is 0 Å². The highest BCUT2D eigenvalue weighted by Crippen LogP contribution is 2.22. The number of carbonyl (C=O) groups excluding carboxylic acids is 1. The molecule has 16 heavy (non-hydrogen) atoms. The van der Waals surface area contributed by atoms with Crippen molar-refractivity contribution in [2.45, 2.75) is 13.5 Å². The quantitative estimate of drug-likeness (QED) is 0.747. The number of carbonyl (C=O) groups is 1. The molecule has 2 N–H and O–H groups in total. The lowest BCUT2D eigenvalue weighted by Crippen LogP contribution is -2.08. The summed E-state index contributed by atoms with van der Waals surface area (Å²) in [4.78, 5) is 11.0. The molecule has 1 aromatic rings. The average Bonchev–Trinajstić information content (AvgIpc) is 2.31. The van der Waals surface area contributed by atoms with Crippen molar-refractivity contribution >= 4 is 11.6 Å². The molecule has 1 aromatic carbocycles. The molecule has 0 atom stereocenters. The summed E-state index contributed by atoms with van der Waals surface area (Å²) in [6, 6.07) is 4.97. The standard InChI is InChI=1S/C12H13NO3/c1-3-12(15)13-10-5-6-11(16-4-2)9(7-10)8-14/h1,5-7,14H,4,8H2,2H3,(H,13,15). The summed E-state index contributed by atoms with van der Waals surface area (Å²) in [5.74, 6) is 2.03. The zero-order valence-corrected chi connectivity index (χ0v) is 8.99. The number of terminal acetylenes is 1. The Bertz CT molecular complexity index is 421. The Morgan fingerprint density at radius 3 is 2.94 bits per heavy atom. The van der Waals surface area contributed by atoms with Crippen molar-refractivity contribution in [1.29, 1.82) is 0 Å². The van der Waals surface area contributed by atoms with Gasteiger partial charge in [0.25, 0.3) is 5.91 Å². The number of nitrogens with one attached hydrogen (secondary N) is 1. The second-order valence-corrected chi connectivity index (χ2v) is 3.01. The van der Waals surface area contributed by atoms with Crippen LogP contribution in [0, 0.1) is 12.3 Å². The van der Waals surface area contributed by atoms with Crippen LogP contribution in [0.25, 0.3) is 0 Å². The van der Waals surface area contributed by atoms with Crippen LogP contribution >= 0.6 is 0 Å². The van der Waals surface area contributed by atoms with Crippen molar-refractivity contribution in [3.05, 3.63) is 23.8 Å². The van der Waals surface area contributed by atoms with Gasteiger partial charge in [-0.2, -0.15) is 0 Å². The Morgan fingerprint density at radius 1 is 1.62 bits per heavy atom. The largest absolute Gasteiger partial charge is 0.494 e. The summed E-state index contributed by atoms with van der Waals surface area (Å²) in [7, 11) is 0. The highest BCUT2D eigenvalue weighted by atomic mass is 16.5. The molecule has 0 fully saturated rings. The molecule has 0 saturated carbocycles. The van der Waals surface area contributed by atoms with E-state index >= 15 is 0 Å². The van der Waals surface area contributed by atoms with Crippen molar-refractivity contribution in [3.8, 4) is 18.1 Å². The zero-order valence-electron chi connectivity index (χ0n) is 8.99. The van der Waals surface area contributed by atoms with Gasteiger partial charge in [-0.3, -0.25) is 4.79 Å². The molecule has 0 spiro atoms. The maximum atomic E-state index is 11.0. The lowest BCUT2D eigenvalue weighted by atomic mass is 10.2. The number of ether oxygens (including phenoxy) is 1. The normalized spacial score (nSPS) is 9.31. The Balaban J connectivity index is 2.91. The van der Waals surface area contributed by atoms with E-state index in [-0.39, 0.29) is 6.61 Å². The van der Waals surface area contributed by atoms with E-state index in [4.69, 9.17) is 16.3 Å². The first-order valence-corrected chi connectivity index (χ1v) is 4.85. The second kappa shape index (κ2) is 5.79. The molecular formula is C12H13NO3. The minimum atomic E-state index is -0.520. The summed E-state index contributed by atoms with van der Waals surface area (Å²) < 4.78 is 5.30. The van der Waals surface area contributed by atoms with Gasteiger partial charge >= 0.3 is 0 Å². The molecule has 0 aromatic heterocycles. The summed E-state index contributed by atoms with van der Waals surface area (Å²) in [6.45, 7) is 2.22. The van der Waals surface area contributed by atoms with E-state index in [0.29, 0.717) is 23.6 Å². The topological polar surface area (TPSA) is 58.6 Å². The van der Waals surface area contributed by atoms with Crippen LogP contribution in [0.5, 0.6) is 5.75 Å². The van der Waals surface area contributed by atoms with Gasteiger partial charge in [0.15, 0.2) is 0 Å². The SMILES string of the molecule is C#CC(=O)Nc1ccc(OCC)c(CO)c1. The van der Waals surface area contributed by atoms with Crippen LogP contribution in [0.4, 0.5) is 5.69 Å². The Kier molecular flexibility index (Phi) is 4.37. The van der Waals surface area contributed by atoms with Crippen LogP contribution in [0.15, 0.2) is 18.2 Å². The summed E-state index contributed by atoms with van der Waals surface area (Å²) in [5.41, 5.74) is 1.15. The Labute approximate surface area is 94.2 Å². The third-order valence-electron chi connectivity index (χ3n) is 1.92. The number of hydrogen-bond acceptors (Lipinski definition) is 3. The lowest BCUT2D eigenvalue weighted by Gasteiger charge is -2.10. The van der Waals surface area contributed by atoms with Crippen molar-refractivity contribution in [2.75, 3.05) is 11.9 Å².